The van der Waals surface area contributed by atoms with Gasteiger partial charge < -0.3 is 4.74 Å². The van der Waals surface area contributed by atoms with Crippen LogP contribution in [0.1, 0.15) is 20.8 Å². The lowest BCUT2D eigenvalue weighted by atomic mass is 10.0. The summed E-state index contributed by atoms with van der Waals surface area (Å²) in [5.74, 6) is 1.03. The van der Waals surface area contributed by atoms with Crippen LogP contribution in [0.2, 0.25) is 0 Å². The van der Waals surface area contributed by atoms with E-state index in [1.165, 1.54) is 12.9 Å². The molecule has 0 N–H and O–H groups in total. The van der Waals surface area contributed by atoms with E-state index in [1.807, 2.05) is 18.7 Å². The molecule has 0 bridgehead atoms. The fourth-order valence-corrected chi connectivity index (χ4v) is 2.95. The first-order valence-electron chi connectivity index (χ1n) is 5.49. The molecule has 0 aromatic carbocycles. The zero-order chi connectivity index (χ0) is 11.4. The number of hydrogen-bond donors (Lipinski definition) is 0. The number of rotatable bonds is 3. The van der Waals surface area contributed by atoms with Crippen LogP contribution in [0.4, 0.5) is 0 Å². The molecule has 1 saturated heterocycles. The van der Waals surface area contributed by atoms with Gasteiger partial charge in [-0.1, -0.05) is 13.8 Å². The average molecular weight is 231 g/mol. The Bertz CT molecular complexity index is 223. The standard InChI is InChI=1S/C11H21NO2S/c1-8-7-12(5-6-15-8)10(3)9(2)11(13)14-4/h8-10H,5-7H2,1-4H3. The molecule has 0 aliphatic carbocycles. The van der Waals surface area contributed by atoms with Gasteiger partial charge >= 0.3 is 5.97 Å². The van der Waals surface area contributed by atoms with Gasteiger partial charge in [0.1, 0.15) is 0 Å². The third-order valence-electron chi connectivity index (χ3n) is 3.15. The molecule has 88 valence electrons. The van der Waals surface area contributed by atoms with Crippen LogP contribution in [0.3, 0.4) is 0 Å². The Morgan fingerprint density at radius 1 is 1.53 bits per heavy atom. The number of carbonyl (C=O) groups is 1. The highest BCUT2D eigenvalue weighted by Gasteiger charge is 2.28. The molecule has 3 nitrogen and oxygen atoms in total. The molecule has 3 unspecified atom stereocenters. The van der Waals surface area contributed by atoms with Gasteiger partial charge in [0.05, 0.1) is 13.0 Å². The van der Waals surface area contributed by atoms with Crippen molar-refractivity contribution in [3.8, 4) is 0 Å². The van der Waals surface area contributed by atoms with E-state index in [4.69, 9.17) is 4.74 Å². The van der Waals surface area contributed by atoms with Crippen molar-refractivity contribution in [2.24, 2.45) is 5.92 Å². The smallest absolute Gasteiger partial charge is 0.309 e. The number of esters is 1. The van der Waals surface area contributed by atoms with Gasteiger partial charge in [0.2, 0.25) is 0 Å². The van der Waals surface area contributed by atoms with Crippen LogP contribution in [-0.4, -0.2) is 48.1 Å². The molecule has 1 aliphatic rings. The minimum Gasteiger partial charge on any atom is -0.469 e. The molecule has 1 heterocycles. The Hall–Kier alpha value is -0.220. The second kappa shape index (κ2) is 5.75. The number of carbonyl (C=O) groups excluding carboxylic acids is 1. The second-order valence-corrected chi connectivity index (χ2v) is 5.78. The quantitative estimate of drug-likeness (QED) is 0.690. The summed E-state index contributed by atoms with van der Waals surface area (Å²) >= 11 is 2.01. The fourth-order valence-electron chi connectivity index (χ4n) is 1.91. The van der Waals surface area contributed by atoms with E-state index in [0.717, 1.165) is 13.1 Å². The third kappa shape index (κ3) is 3.38. The van der Waals surface area contributed by atoms with E-state index in [1.54, 1.807) is 0 Å². The van der Waals surface area contributed by atoms with Crippen molar-refractivity contribution in [1.82, 2.24) is 4.90 Å². The van der Waals surface area contributed by atoms with E-state index in [-0.39, 0.29) is 17.9 Å². The summed E-state index contributed by atoms with van der Waals surface area (Å²) in [6, 6.07) is 0.279. The minimum absolute atomic E-state index is 0.0368. The van der Waals surface area contributed by atoms with Crippen LogP contribution in [0.5, 0.6) is 0 Å². The number of thioether (sulfide) groups is 1. The third-order valence-corrected chi connectivity index (χ3v) is 4.28. The van der Waals surface area contributed by atoms with E-state index in [0.29, 0.717) is 5.25 Å². The molecule has 0 saturated carbocycles. The van der Waals surface area contributed by atoms with Crippen LogP contribution in [0.15, 0.2) is 0 Å². The van der Waals surface area contributed by atoms with E-state index >= 15 is 0 Å². The predicted octanol–water partition coefficient (Wildman–Crippen LogP) is 1.62. The normalized spacial score (nSPS) is 27.1. The predicted molar refractivity (Wildman–Crippen MR) is 64.1 cm³/mol. The molecular formula is C11H21NO2S. The van der Waals surface area contributed by atoms with Crippen molar-refractivity contribution < 1.29 is 9.53 Å². The van der Waals surface area contributed by atoms with Gasteiger partial charge in [0.25, 0.3) is 0 Å². The zero-order valence-electron chi connectivity index (χ0n) is 10.0. The zero-order valence-corrected chi connectivity index (χ0v) is 10.8. The number of methoxy groups -OCH3 is 1. The Morgan fingerprint density at radius 2 is 2.20 bits per heavy atom. The topological polar surface area (TPSA) is 29.5 Å². The van der Waals surface area contributed by atoms with E-state index < -0.39 is 0 Å². The van der Waals surface area contributed by atoms with Crippen molar-refractivity contribution in [1.29, 1.82) is 0 Å². The lowest BCUT2D eigenvalue weighted by molar-refractivity contribution is -0.147. The van der Waals surface area contributed by atoms with Crippen molar-refractivity contribution in [3.05, 3.63) is 0 Å². The number of ether oxygens (including phenoxy) is 1. The highest BCUT2D eigenvalue weighted by molar-refractivity contribution is 7.99. The van der Waals surface area contributed by atoms with Crippen molar-refractivity contribution in [2.45, 2.75) is 32.1 Å². The first-order chi connectivity index (χ1) is 7.06. The SMILES string of the molecule is COC(=O)C(C)C(C)N1CCSC(C)C1. The Morgan fingerprint density at radius 3 is 2.73 bits per heavy atom. The highest BCUT2D eigenvalue weighted by Crippen LogP contribution is 2.22. The Kier molecular flexibility index (Phi) is 4.93. The summed E-state index contributed by atoms with van der Waals surface area (Å²) in [6.07, 6.45) is 0. The van der Waals surface area contributed by atoms with Crippen molar-refractivity contribution in [2.75, 3.05) is 26.0 Å². The van der Waals surface area contributed by atoms with Gasteiger partial charge in [0, 0.05) is 30.1 Å². The lowest BCUT2D eigenvalue weighted by Crippen LogP contribution is -2.47. The largest absolute Gasteiger partial charge is 0.469 e. The van der Waals surface area contributed by atoms with Crippen LogP contribution in [0.25, 0.3) is 0 Å². The molecule has 1 rings (SSSR count). The van der Waals surface area contributed by atoms with Gasteiger partial charge in [0.15, 0.2) is 0 Å². The Labute approximate surface area is 96.5 Å². The maximum Gasteiger partial charge on any atom is 0.309 e. The summed E-state index contributed by atoms with van der Waals surface area (Å²) in [5, 5.41) is 0.672. The molecule has 0 amide bonds. The number of hydrogen-bond acceptors (Lipinski definition) is 4. The molecule has 0 spiro atoms. The molecule has 3 atom stereocenters. The lowest BCUT2D eigenvalue weighted by Gasteiger charge is -2.37. The van der Waals surface area contributed by atoms with E-state index in [2.05, 4.69) is 18.7 Å². The summed E-state index contributed by atoms with van der Waals surface area (Å²) in [7, 11) is 1.46. The van der Waals surface area contributed by atoms with Crippen LogP contribution < -0.4 is 0 Å². The van der Waals surface area contributed by atoms with Gasteiger partial charge in [-0.25, -0.2) is 0 Å². The highest BCUT2D eigenvalue weighted by atomic mass is 32.2. The molecule has 0 aromatic heterocycles. The summed E-state index contributed by atoms with van der Waals surface area (Å²) < 4.78 is 4.78. The van der Waals surface area contributed by atoms with E-state index in [9.17, 15) is 4.79 Å². The second-order valence-electron chi connectivity index (χ2n) is 4.23. The maximum atomic E-state index is 11.4. The van der Waals surface area contributed by atoms with Gasteiger partial charge in [-0.15, -0.1) is 0 Å². The van der Waals surface area contributed by atoms with Crippen LogP contribution in [0, 0.1) is 5.92 Å². The monoisotopic (exact) mass is 231 g/mol. The van der Waals surface area contributed by atoms with Crippen molar-refractivity contribution in [3.63, 3.8) is 0 Å². The summed E-state index contributed by atoms with van der Waals surface area (Å²) in [4.78, 5) is 13.8. The van der Waals surface area contributed by atoms with Gasteiger partial charge in [-0.2, -0.15) is 11.8 Å². The molecular weight excluding hydrogens is 210 g/mol. The molecule has 0 radical (unpaired) electrons. The summed E-state index contributed by atoms with van der Waals surface area (Å²) in [5.41, 5.74) is 0. The molecule has 0 aromatic rings. The first-order valence-corrected chi connectivity index (χ1v) is 6.54. The van der Waals surface area contributed by atoms with Crippen LogP contribution >= 0.6 is 11.8 Å². The average Bonchev–Trinajstić information content (AvgIpc) is 2.26. The van der Waals surface area contributed by atoms with Crippen LogP contribution in [-0.2, 0) is 9.53 Å². The number of nitrogens with zero attached hydrogens (tertiary/aromatic N) is 1. The first kappa shape index (κ1) is 12.8. The maximum absolute atomic E-state index is 11.4. The fraction of sp³-hybridized carbons (Fsp3) is 0.909. The molecule has 4 heteroatoms. The minimum atomic E-state index is -0.103. The Balaban J connectivity index is 2.51. The van der Waals surface area contributed by atoms with Crippen molar-refractivity contribution >= 4 is 17.7 Å². The van der Waals surface area contributed by atoms with Gasteiger partial charge in [-0.05, 0) is 6.92 Å². The molecule has 1 aliphatic heterocycles. The summed E-state index contributed by atoms with van der Waals surface area (Å²) in [6.45, 7) is 8.46. The molecule has 15 heavy (non-hydrogen) atoms. The molecule has 1 fully saturated rings. The van der Waals surface area contributed by atoms with Gasteiger partial charge in [-0.3, -0.25) is 9.69 Å².